The normalized spacial score (nSPS) is 22.1. The number of hydrogen-bond acceptors (Lipinski definition) is 5. The average molecular weight is 447 g/mol. The molecule has 2 saturated heterocycles. The number of halogens is 1. The van der Waals surface area contributed by atoms with E-state index >= 15 is 0 Å². The third-order valence-electron chi connectivity index (χ3n) is 5.00. The smallest absolute Gasteiger partial charge is 0.290 e. The third-order valence-corrected chi connectivity index (χ3v) is 5.53. The van der Waals surface area contributed by atoms with Crippen LogP contribution in [0, 0.1) is 0 Å². The van der Waals surface area contributed by atoms with Gasteiger partial charge in [-0.2, -0.15) is 0 Å². The molecule has 8 heteroatoms. The topological polar surface area (TPSA) is 80.1 Å². The van der Waals surface area contributed by atoms with Gasteiger partial charge in [-0.15, -0.1) is 0 Å². The van der Waals surface area contributed by atoms with E-state index < -0.39 is 17.9 Å². The minimum atomic E-state index is -0.877. The van der Waals surface area contributed by atoms with Crippen LogP contribution >= 0.6 is 15.9 Å². The van der Waals surface area contributed by atoms with Crippen LogP contribution < -0.4 is 4.90 Å². The molecular formula is C20H19BrN2O5. The van der Waals surface area contributed by atoms with Crippen LogP contribution in [0.1, 0.15) is 29.8 Å². The summed E-state index contributed by atoms with van der Waals surface area (Å²) in [4.78, 5) is 41.3. The molecule has 0 N–H and O–H groups in total. The Morgan fingerprint density at radius 3 is 2.64 bits per heavy atom. The van der Waals surface area contributed by atoms with Crippen molar-refractivity contribution in [2.45, 2.75) is 31.4 Å². The van der Waals surface area contributed by atoms with Gasteiger partial charge < -0.3 is 14.1 Å². The second-order valence-corrected chi connectivity index (χ2v) is 7.75. The molecule has 2 aliphatic rings. The molecule has 2 unspecified atom stereocenters. The summed E-state index contributed by atoms with van der Waals surface area (Å²) in [6.45, 7) is 0.882. The molecule has 28 heavy (non-hydrogen) atoms. The van der Waals surface area contributed by atoms with Crippen LogP contribution in [0.5, 0.6) is 0 Å². The van der Waals surface area contributed by atoms with Crippen LogP contribution in [0.4, 0.5) is 5.69 Å². The quantitative estimate of drug-likeness (QED) is 0.659. The summed E-state index contributed by atoms with van der Waals surface area (Å²) in [5.74, 6) is -1.02. The van der Waals surface area contributed by atoms with Crippen molar-refractivity contribution in [3.05, 3.63) is 52.9 Å². The molecule has 7 nitrogen and oxygen atoms in total. The predicted molar refractivity (Wildman–Crippen MR) is 104 cm³/mol. The molecule has 2 atom stereocenters. The van der Waals surface area contributed by atoms with Crippen molar-refractivity contribution in [2.24, 2.45) is 0 Å². The third kappa shape index (κ3) is 3.62. The summed E-state index contributed by atoms with van der Waals surface area (Å²) >= 11 is 3.34. The highest BCUT2D eigenvalue weighted by Crippen LogP contribution is 2.29. The second kappa shape index (κ2) is 7.89. The van der Waals surface area contributed by atoms with Crippen molar-refractivity contribution >= 4 is 39.3 Å². The van der Waals surface area contributed by atoms with E-state index in [1.165, 1.54) is 11.2 Å². The van der Waals surface area contributed by atoms with E-state index in [0.717, 1.165) is 22.2 Å². The maximum absolute atomic E-state index is 13.1. The highest BCUT2D eigenvalue weighted by Gasteiger charge is 2.45. The summed E-state index contributed by atoms with van der Waals surface area (Å²) in [5, 5.41) is 0. The SMILES string of the molecule is O=C1CC(N(CC2CCCO2)C(=O)c2ccco2)C(=O)N1c1ccc(Br)cc1. The van der Waals surface area contributed by atoms with E-state index in [1.807, 2.05) is 0 Å². The second-order valence-electron chi connectivity index (χ2n) is 6.83. The standard InChI is InChI=1S/C20H19BrN2O5/c21-13-5-7-14(8-6-13)23-18(24)11-16(19(23)25)22(12-15-3-1-9-27-15)20(26)17-4-2-10-28-17/h2,4-8,10,15-16H,1,3,9,11-12H2. The molecule has 3 amide bonds. The zero-order valence-electron chi connectivity index (χ0n) is 15.0. The first-order chi connectivity index (χ1) is 13.5. The first kappa shape index (κ1) is 18.9. The average Bonchev–Trinajstić information content (AvgIpc) is 3.43. The number of imide groups is 1. The Kier molecular flexibility index (Phi) is 5.32. The first-order valence-corrected chi connectivity index (χ1v) is 9.92. The number of benzene rings is 1. The number of nitrogens with zero attached hydrogens (tertiary/aromatic N) is 2. The van der Waals surface area contributed by atoms with Gasteiger partial charge in [-0.05, 0) is 49.2 Å². The van der Waals surface area contributed by atoms with E-state index in [1.54, 1.807) is 36.4 Å². The van der Waals surface area contributed by atoms with Gasteiger partial charge in [-0.3, -0.25) is 14.4 Å². The van der Waals surface area contributed by atoms with Crippen molar-refractivity contribution < 1.29 is 23.5 Å². The van der Waals surface area contributed by atoms with Gasteiger partial charge in [0.2, 0.25) is 5.91 Å². The van der Waals surface area contributed by atoms with Gasteiger partial charge in [0.05, 0.1) is 24.5 Å². The van der Waals surface area contributed by atoms with Crippen molar-refractivity contribution in [1.82, 2.24) is 4.90 Å². The highest BCUT2D eigenvalue weighted by molar-refractivity contribution is 9.10. The van der Waals surface area contributed by atoms with Gasteiger partial charge >= 0.3 is 0 Å². The van der Waals surface area contributed by atoms with Crippen LogP contribution in [-0.4, -0.2) is 47.9 Å². The molecule has 3 heterocycles. The van der Waals surface area contributed by atoms with Crippen molar-refractivity contribution in [3.8, 4) is 0 Å². The number of anilines is 1. The van der Waals surface area contributed by atoms with E-state index in [2.05, 4.69) is 15.9 Å². The molecular weight excluding hydrogens is 428 g/mol. The van der Waals surface area contributed by atoms with Crippen LogP contribution in [0.15, 0.2) is 51.6 Å². The lowest BCUT2D eigenvalue weighted by atomic mass is 10.1. The van der Waals surface area contributed by atoms with E-state index in [9.17, 15) is 14.4 Å². The van der Waals surface area contributed by atoms with Crippen LogP contribution in [0.25, 0.3) is 0 Å². The lowest BCUT2D eigenvalue weighted by molar-refractivity contribution is -0.122. The van der Waals surface area contributed by atoms with Crippen LogP contribution in [-0.2, 0) is 14.3 Å². The van der Waals surface area contributed by atoms with Gasteiger partial charge in [0.1, 0.15) is 6.04 Å². The number of carbonyl (C=O) groups excluding carboxylic acids is 3. The number of hydrogen-bond donors (Lipinski definition) is 0. The molecule has 0 aliphatic carbocycles. The number of carbonyl (C=O) groups is 3. The van der Waals surface area contributed by atoms with E-state index in [0.29, 0.717) is 12.3 Å². The van der Waals surface area contributed by atoms with Gasteiger partial charge in [-0.1, -0.05) is 15.9 Å². The Morgan fingerprint density at radius 1 is 1.21 bits per heavy atom. The molecule has 4 rings (SSSR count). The summed E-state index contributed by atoms with van der Waals surface area (Å²) in [7, 11) is 0. The Morgan fingerprint density at radius 2 is 2.00 bits per heavy atom. The highest BCUT2D eigenvalue weighted by atomic mass is 79.9. The van der Waals surface area contributed by atoms with E-state index in [-0.39, 0.29) is 30.7 Å². The largest absolute Gasteiger partial charge is 0.459 e. The van der Waals surface area contributed by atoms with Crippen LogP contribution in [0.2, 0.25) is 0 Å². The van der Waals surface area contributed by atoms with Gasteiger partial charge in [0, 0.05) is 17.6 Å². The molecule has 0 radical (unpaired) electrons. The summed E-state index contributed by atoms with van der Waals surface area (Å²) < 4.78 is 11.7. The molecule has 0 bridgehead atoms. The lowest BCUT2D eigenvalue weighted by Crippen LogP contribution is -2.48. The van der Waals surface area contributed by atoms with Gasteiger partial charge in [0.15, 0.2) is 5.76 Å². The molecule has 146 valence electrons. The predicted octanol–water partition coefficient (Wildman–Crippen LogP) is 3.00. The van der Waals surface area contributed by atoms with Crippen molar-refractivity contribution in [1.29, 1.82) is 0 Å². The molecule has 1 aromatic carbocycles. The van der Waals surface area contributed by atoms with Crippen LogP contribution in [0.3, 0.4) is 0 Å². The fourth-order valence-electron chi connectivity index (χ4n) is 3.62. The van der Waals surface area contributed by atoms with Crippen molar-refractivity contribution in [3.63, 3.8) is 0 Å². The Hall–Kier alpha value is -2.45. The summed E-state index contributed by atoms with van der Waals surface area (Å²) in [6.07, 6.45) is 2.92. The van der Waals surface area contributed by atoms with Gasteiger partial charge in [0.25, 0.3) is 11.8 Å². The van der Waals surface area contributed by atoms with Crippen molar-refractivity contribution in [2.75, 3.05) is 18.1 Å². The number of furan rings is 1. The van der Waals surface area contributed by atoms with Gasteiger partial charge in [-0.25, -0.2) is 4.90 Å². The molecule has 2 aliphatic heterocycles. The molecule has 0 saturated carbocycles. The lowest BCUT2D eigenvalue weighted by Gasteiger charge is -2.29. The first-order valence-electron chi connectivity index (χ1n) is 9.13. The molecule has 0 spiro atoms. The molecule has 1 aromatic heterocycles. The summed E-state index contributed by atoms with van der Waals surface area (Å²) in [6, 6.07) is 9.22. The maximum Gasteiger partial charge on any atom is 0.290 e. The monoisotopic (exact) mass is 446 g/mol. The zero-order valence-corrected chi connectivity index (χ0v) is 16.6. The Labute approximate surface area is 170 Å². The Bertz CT molecular complexity index is 875. The molecule has 2 fully saturated rings. The van der Waals surface area contributed by atoms with E-state index in [4.69, 9.17) is 9.15 Å². The summed E-state index contributed by atoms with van der Waals surface area (Å²) in [5.41, 5.74) is 0.489. The zero-order chi connectivity index (χ0) is 19.7. The fourth-order valence-corrected chi connectivity index (χ4v) is 3.89. The molecule has 2 aromatic rings. The minimum Gasteiger partial charge on any atom is -0.459 e. The number of amides is 3. The minimum absolute atomic E-state index is 0.0614. The number of rotatable bonds is 5. The Balaban J connectivity index is 1.61. The fraction of sp³-hybridized carbons (Fsp3) is 0.350. The number of ether oxygens (including phenoxy) is 1. The maximum atomic E-state index is 13.1.